The molecule has 0 saturated heterocycles. The number of rotatable bonds is 10. The minimum absolute atomic E-state index is 0.0142. The molecule has 0 aliphatic heterocycles. The normalized spacial score (nSPS) is 17.0. The Balaban J connectivity index is 2.21. The van der Waals surface area contributed by atoms with Crippen molar-refractivity contribution in [2.75, 3.05) is 34.3 Å². The summed E-state index contributed by atoms with van der Waals surface area (Å²) in [6.45, 7) is 0.947. The number of carbonyl (C=O) groups is 1. The smallest absolute Gasteiger partial charge is 0.255 e. The van der Waals surface area contributed by atoms with E-state index in [-0.39, 0.29) is 17.9 Å². The largest absolute Gasteiger partial charge is 0.504 e. The fraction of sp³-hybridized carbons (Fsp3) is 0.333. The zero-order valence-electron chi connectivity index (χ0n) is 18.7. The molecule has 0 heterocycles. The molecule has 0 saturated carbocycles. The van der Waals surface area contributed by atoms with Crippen LogP contribution in [0.5, 0.6) is 0 Å². The number of nitrogens with two attached hydrogens (primary N) is 1. The summed E-state index contributed by atoms with van der Waals surface area (Å²) in [4.78, 5) is 16.9. The van der Waals surface area contributed by atoms with Crippen molar-refractivity contribution in [2.24, 2.45) is 10.7 Å². The predicted molar refractivity (Wildman–Crippen MR) is 130 cm³/mol. The molecule has 4 N–H and O–H groups in total. The molecule has 1 atom stereocenters. The summed E-state index contributed by atoms with van der Waals surface area (Å²) >= 11 is 6.13. The van der Waals surface area contributed by atoms with E-state index in [1.807, 2.05) is 49.5 Å². The molecule has 1 aliphatic rings. The van der Waals surface area contributed by atoms with Crippen LogP contribution in [-0.4, -0.2) is 51.5 Å². The zero-order chi connectivity index (χ0) is 23.3. The highest BCUT2D eigenvalue weighted by Gasteiger charge is 2.16. The van der Waals surface area contributed by atoms with Crippen molar-refractivity contribution in [1.82, 2.24) is 10.6 Å². The van der Waals surface area contributed by atoms with E-state index in [1.54, 1.807) is 7.05 Å². The highest BCUT2D eigenvalue weighted by Crippen LogP contribution is 2.22. The van der Waals surface area contributed by atoms with Crippen LogP contribution in [0.25, 0.3) is 5.57 Å². The first-order valence-electron chi connectivity index (χ1n) is 10.3. The Morgan fingerprint density at radius 1 is 1.38 bits per heavy atom. The molecule has 1 aromatic rings. The van der Waals surface area contributed by atoms with Crippen LogP contribution in [0, 0.1) is 0 Å². The van der Waals surface area contributed by atoms with Crippen LogP contribution in [0.1, 0.15) is 17.5 Å². The van der Waals surface area contributed by atoms with E-state index in [0.29, 0.717) is 30.1 Å². The third-order valence-corrected chi connectivity index (χ3v) is 5.03. The summed E-state index contributed by atoms with van der Waals surface area (Å²) in [6, 6.07) is 7.50. The van der Waals surface area contributed by atoms with Gasteiger partial charge in [0.2, 0.25) is 5.90 Å². The Kier molecular flexibility index (Phi) is 10.6. The van der Waals surface area contributed by atoms with Crippen LogP contribution in [0.3, 0.4) is 0 Å². The van der Waals surface area contributed by atoms with Gasteiger partial charge in [-0.15, -0.1) is 11.6 Å². The number of carbonyl (C=O) groups excluding carboxylic acids is 1. The number of alkyl halides is 1. The Hall–Kier alpha value is -3.03. The topological polar surface area (TPSA) is 98.0 Å². The Morgan fingerprint density at radius 3 is 2.78 bits per heavy atom. The summed E-state index contributed by atoms with van der Waals surface area (Å²) in [5.74, 6) is 0.191. The molecule has 0 bridgehead atoms. The summed E-state index contributed by atoms with van der Waals surface area (Å²) in [7, 11) is 5.02. The van der Waals surface area contributed by atoms with E-state index in [1.165, 1.54) is 13.4 Å². The van der Waals surface area contributed by atoms with Gasteiger partial charge in [-0.3, -0.25) is 9.79 Å². The summed E-state index contributed by atoms with van der Waals surface area (Å²) in [5, 5.41) is 5.97. The molecule has 1 unspecified atom stereocenters. The van der Waals surface area contributed by atoms with E-state index < -0.39 is 0 Å². The molecule has 1 amide bonds. The first-order valence-corrected chi connectivity index (χ1v) is 10.8. The van der Waals surface area contributed by atoms with Crippen molar-refractivity contribution < 1.29 is 14.3 Å². The van der Waals surface area contributed by atoms with Gasteiger partial charge in [-0.05, 0) is 23.1 Å². The Morgan fingerprint density at radius 2 is 2.16 bits per heavy atom. The van der Waals surface area contributed by atoms with Gasteiger partial charge in [0, 0.05) is 39.0 Å². The number of benzene rings is 1. The standard InChI is InChI=1S/C24H31ClN4O3/c1-27-22(17-8-10-19(25)11-9-17)14-23(28-2)32-15-18-6-4-5-7-20(18)21(16-31-3)24(30)29-13-12-26/h4-10,14,16,19,27H,11-13,15,26H2,1-3H3,(H,29,30)/b21-16+,22-14?,28-23?. The zero-order valence-corrected chi connectivity index (χ0v) is 19.5. The van der Waals surface area contributed by atoms with Gasteiger partial charge in [0.25, 0.3) is 5.91 Å². The maximum absolute atomic E-state index is 12.6. The van der Waals surface area contributed by atoms with E-state index in [9.17, 15) is 4.79 Å². The molecule has 172 valence electrons. The fourth-order valence-corrected chi connectivity index (χ4v) is 3.25. The number of likely N-dealkylation sites (N-methyl/N-ethyl adjacent to an activating group) is 1. The van der Waals surface area contributed by atoms with E-state index in [4.69, 9.17) is 26.8 Å². The van der Waals surface area contributed by atoms with Gasteiger partial charge in [-0.25, -0.2) is 0 Å². The van der Waals surface area contributed by atoms with Crippen LogP contribution in [0.4, 0.5) is 0 Å². The molecule has 0 spiro atoms. The second-order valence-corrected chi connectivity index (χ2v) is 7.46. The molecule has 1 aliphatic carbocycles. The second kappa shape index (κ2) is 13.4. The van der Waals surface area contributed by atoms with Gasteiger partial charge in [0.05, 0.1) is 24.3 Å². The maximum Gasteiger partial charge on any atom is 0.255 e. The molecule has 8 heteroatoms. The van der Waals surface area contributed by atoms with Crippen LogP contribution in [-0.2, 0) is 20.9 Å². The summed E-state index contributed by atoms with van der Waals surface area (Å²) in [6.07, 6.45) is 10.0. The van der Waals surface area contributed by atoms with E-state index >= 15 is 0 Å². The van der Waals surface area contributed by atoms with Crippen molar-refractivity contribution in [3.8, 4) is 0 Å². The van der Waals surface area contributed by atoms with Crippen LogP contribution < -0.4 is 16.4 Å². The first kappa shape index (κ1) is 25.2. The van der Waals surface area contributed by atoms with Crippen LogP contribution in [0.15, 0.2) is 71.1 Å². The average molecular weight is 459 g/mol. The molecule has 7 nitrogen and oxygen atoms in total. The van der Waals surface area contributed by atoms with E-state index in [2.05, 4.69) is 21.7 Å². The van der Waals surface area contributed by atoms with Crippen molar-refractivity contribution in [3.05, 3.63) is 77.2 Å². The quantitative estimate of drug-likeness (QED) is 0.165. The lowest BCUT2D eigenvalue weighted by atomic mass is 10.0. The number of aliphatic imine (C=N–C) groups is 1. The highest BCUT2D eigenvalue weighted by molar-refractivity contribution is 6.22. The number of nitrogens with one attached hydrogen (secondary N) is 2. The lowest BCUT2D eigenvalue weighted by molar-refractivity contribution is -0.115. The average Bonchev–Trinajstić information content (AvgIpc) is 2.82. The first-order chi connectivity index (χ1) is 15.5. The minimum Gasteiger partial charge on any atom is -0.504 e. The third-order valence-electron chi connectivity index (χ3n) is 4.71. The van der Waals surface area contributed by atoms with Gasteiger partial charge < -0.3 is 25.8 Å². The Bertz CT molecular complexity index is 935. The number of hydrogen-bond donors (Lipinski definition) is 3. The molecule has 0 fully saturated rings. The predicted octanol–water partition coefficient (Wildman–Crippen LogP) is 2.89. The molecule has 0 radical (unpaired) electrons. The minimum atomic E-state index is -0.264. The molecular weight excluding hydrogens is 428 g/mol. The summed E-state index contributed by atoms with van der Waals surface area (Å²) in [5.41, 5.74) is 9.33. The number of hydrogen-bond acceptors (Lipinski definition) is 6. The molecular formula is C24H31ClN4O3. The Labute approximate surface area is 194 Å². The van der Waals surface area contributed by atoms with Gasteiger partial charge in [0.15, 0.2) is 0 Å². The number of methoxy groups -OCH3 is 1. The van der Waals surface area contributed by atoms with Crippen LogP contribution >= 0.6 is 11.6 Å². The van der Waals surface area contributed by atoms with Crippen LogP contribution in [0.2, 0.25) is 0 Å². The highest BCUT2D eigenvalue weighted by atomic mass is 35.5. The van der Waals surface area contributed by atoms with Gasteiger partial charge >= 0.3 is 0 Å². The molecule has 0 aromatic heterocycles. The molecule has 32 heavy (non-hydrogen) atoms. The number of halogens is 1. The maximum atomic E-state index is 12.6. The number of ether oxygens (including phenoxy) is 2. The van der Waals surface area contributed by atoms with Crippen molar-refractivity contribution in [3.63, 3.8) is 0 Å². The summed E-state index contributed by atoms with van der Waals surface area (Å²) < 4.78 is 11.1. The SMILES string of the molecule is CN=C(C=C(NC)C1=CCC(Cl)C=C1)OCc1ccccc1/C(=C\OC)C(=O)NCCN. The van der Waals surface area contributed by atoms with Crippen molar-refractivity contribution >= 4 is 29.0 Å². The monoisotopic (exact) mass is 458 g/mol. The third kappa shape index (κ3) is 7.28. The molecule has 1 aromatic carbocycles. The number of nitrogens with zero attached hydrogens (tertiary/aromatic N) is 1. The van der Waals surface area contributed by atoms with Gasteiger partial charge in [-0.2, -0.15) is 0 Å². The molecule has 2 rings (SSSR count). The van der Waals surface area contributed by atoms with Crippen molar-refractivity contribution in [1.29, 1.82) is 0 Å². The van der Waals surface area contributed by atoms with E-state index in [0.717, 1.165) is 23.3 Å². The number of allylic oxidation sites excluding steroid dienone is 3. The fourth-order valence-electron chi connectivity index (χ4n) is 3.09. The van der Waals surface area contributed by atoms with Gasteiger partial charge in [-0.1, -0.05) is 42.5 Å². The lowest BCUT2D eigenvalue weighted by Gasteiger charge is -2.16. The van der Waals surface area contributed by atoms with Gasteiger partial charge in [0.1, 0.15) is 6.61 Å². The lowest BCUT2D eigenvalue weighted by Crippen LogP contribution is -2.30. The second-order valence-electron chi connectivity index (χ2n) is 6.90. The number of amides is 1. The van der Waals surface area contributed by atoms with Crippen molar-refractivity contribution in [2.45, 2.75) is 18.4 Å².